The third-order valence-electron chi connectivity index (χ3n) is 7.69. The molecule has 2 N–H and O–H groups in total. The molecular formula is C30H46N2O4. The van der Waals surface area contributed by atoms with Crippen molar-refractivity contribution in [3.8, 4) is 11.5 Å². The molecule has 0 saturated heterocycles. The van der Waals surface area contributed by atoms with Gasteiger partial charge in [0.05, 0.1) is 25.6 Å². The average Bonchev–Trinajstić information content (AvgIpc) is 2.91. The van der Waals surface area contributed by atoms with Crippen molar-refractivity contribution in [2.75, 3.05) is 27.4 Å². The van der Waals surface area contributed by atoms with E-state index in [-0.39, 0.29) is 13.2 Å². The summed E-state index contributed by atoms with van der Waals surface area (Å²) in [5, 5.41) is 19.0. The molecule has 2 atom stereocenters. The van der Waals surface area contributed by atoms with Crippen LogP contribution in [-0.2, 0) is 12.8 Å². The van der Waals surface area contributed by atoms with Gasteiger partial charge in [0.25, 0.3) is 0 Å². The monoisotopic (exact) mass is 498 g/mol. The van der Waals surface area contributed by atoms with Crippen molar-refractivity contribution in [1.29, 1.82) is 0 Å². The molecule has 1 aliphatic carbocycles. The van der Waals surface area contributed by atoms with Crippen molar-refractivity contribution in [3.63, 3.8) is 0 Å². The van der Waals surface area contributed by atoms with Crippen LogP contribution in [0.3, 0.4) is 0 Å². The fourth-order valence-corrected chi connectivity index (χ4v) is 5.82. The number of rotatable bonds is 8. The summed E-state index contributed by atoms with van der Waals surface area (Å²) in [6, 6.07) is 3.97. The molecule has 0 bridgehead atoms. The number of aliphatic hydroxyl groups is 2. The van der Waals surface area contributed by atoms with Crippen LogP contribution in [0, 0.1) is 0 Å². The van der Waals surface area contributed by atoms with Gasteiger partial charge in [0.1, 0.15) is 11.5 Å². The maximum atomic E-state index is 9.52. The summed E-state index contributed by atoms with van der Waals surface area (Å²) in [7, 11) is 3.50. The maximum Gasteiger partial charge on any atom is 0.125 e. The zero-order valence-electron chi connectivity index (χ0n) is 22.4. The Morgan fingerprint density at radius 2 is 1.14 bits per heavy atom. The van der Waals surface area contributed by atoms with Crippen LogP contribution >= 0.6 is 0 Å². The summed E-state index contributed by atoms with van der Waals surface area (Å²) in [6.45, 7) is 0.438. The number of hydrogen-bond donors (Lipinski definition) is 2. The molecule has 0 spiro atoms. The van der Waals surface area contributed by atoms with Gasteiger partial charge in [-0.3, -0.25) is 9.97 Å². The lowest BCUT2D eigenvalue weighted by Gasteiger charge is -2.23. The Kier molecular flexibility index (Phi) is 12.5. The van der Waals surface area contributed by atoms with Gasteiger partial charge in [-0.1, -0.05) is 25.7 Å². The van der Waals surface area contributed by atoms with Crippen LogP contribution in [0.25, 0.3) is 0 Å². The van der Waals surface area contributed by atoms with Crippen molar-refractivity contribution in [2.24, 2.45) is 0 Å². The second-order valence-electron chi connectivity index (χ2n) is 10.1. The van der Waals surface area contributed by atoms with Gasteiger partial charge in [0.15, 0.2) is 0 Å². The van der Waals surface area contributed by atoms with Crippen molar-refractivity contribution in [2.45, 2.75) is 102 Å². The van der Waals surface area contributed by atoms with E-state index in [1.54, 1.807) is 14.2 Å². The molecule has 3 rings (SSSR count). The van der Waals surface area contributed by atoms with Gasteiger partial charge in [-0.2, -0.15) is 0 Å². The molecule has 6 nitrogen and oxygen atoms in total. The number of aliphatic hydroxyl groups excluding tert-OH is 2. The minimum atomic E-state index is 0.219. The number of methoxy groups -OCH3 is 2. The van der Waals surface area contributed by atoms with Crippen LogP contribution in [-0.4, -0.2) is 47.6 Å². The molecule has 6 heteroatoms. The quantitative estimate of drug-likeness (QED) is 0.456. The highest BCUT2D eigenvalue weighted by Crippen LogP contribution is 2.36. The molecule has 0 radical (unpaired) electrons. The zero-order valence-corrected chi connectivity index (χ0v) is 22.4. The Bertz CT molecular complexity index is 831. The first-order chi connectivity index (χ1) is 17.7. The van der Waals surface area contributed by atoms with E-state index in [9.17, 15) is 10.2 Å². The predicted octanol–water partition coefficient (Wildman–Crippen LogP) is 6.13. The maximum absolute atomic E-state index is 9.52. The summed E-state index contributed by atoms with van der Waals surface area (Å²) in [5.74, 6) is 2.59. The van der Waals surface area contributed by atoms with E-state index < -0.39 is 0 Å². The van der Waals surface area contributed by atoms with Gasteiger partial charge in [-0.15, -0.1) is 0 Å². The molecule has 0 fully saturated rings. The Morgan fingerprint density at radius 3 is 1.53 bits per heavy atom. The van der Waals surface area contributed by atoms with Gasteiger partial charge in [0, 0.05) is 48.6 Å². The molecule has 1 aliphatic rings. The summed E-state index contributed by atoms with van der Waals surface area (Å²) in [6.07, 6.45) is 18.0. The number of hydrogen-bond acceptors (Lipinski definition) is 6. The van der Waals surface area contributed by atoms with E-state index >= 15 is 0 Å². The predicted molar refractivity (Wildman–Crippen MR) is 144 cm³/mol. The topological polar surface area (TPSA) is 84.7 Å². The Morgan fingerprint density at radius 1 is 0.694 bits per heavy atom. The fourth-order valence-electron chi connectivity index (χ4n) is 5.82. The van der Waals surface area contributed by atoms with Crippen molar-refractivity contribution in [1.82, 2.24) is 9.97 Å². The average molecular weight is 499 g/mol. The van der Waals surface area contributed by atoms with E-state index in [2.05, 4.69) is 0 Å². The number of fused-ring (bicyclic) bond motifs is 2. The molecule has 36 heavy (non-hydrogen) atoms. The minimum Gasteiger partial charge on any atom is -0.496 e. The number of nitrogens with zero attached hydrogens (tertiary/aromatic N) is 2. The molecule has 200 valence electrons. The van der Waals surface area contributed by atoms with Crippen LogP contribution in [0.4, 0.5) is 0 Å². The third kappa shape index (κ3) is 7.91. The lowest BCUT2D eigenvalue weighted by molar-refractivity contribution is 0.276. The van der Waals surface area contributed by atoms with E-state index in [4.69, 9.17) is 19.4 Å². The molecule has 0 amide bonds. The summed E-state index contributed by atoms with van der Waals surface area (Å²) >= 11 is 0. The first-order valence-electron chi connectivity index (χ1n) is 14.0. The molecule has 0 unspecified atom stereocenters. The van der Waals surface area contributed by atoms with E-state index in [1.165, 1.54) is 22.5 Å². The third-order valence-corrected chi connectivity index (χ3v) is 7.69. The first kappa shape index (κ1) is 28.4. The minimum absolute atomic E-state index is 0.219. The molecule has 0 aromatic carbocycles. The van der Waals surface area contributed by atoms with Crippen LogP contribution in [0.1, 0.15) is 111 Å². The van der Waals surface area contributed by atoms with E-state index in [0.29, 0.717) is 11.8 Å². The Labute approximate surface area is 217 Å². The van der Waals surface area contributed by atoms with Crippen molar-refractivity contribution >= 4 is 0 Å². The Balaban J connectivity index is 1.86. The van der Waals surface area contributed by atoms with E-state index in [0.717, 1.165) is 101 Å². The summed E-state index contributed by atoms with van der Waals surface area (Å²) in [4.78, 5) is 9.71. The molecular weight excluding hydrogens is 452 g/mol. The second-order valence-corrected chi connectivity index (χ2v) is 10.1. The highest BCUT2D eigenvalue weighted by atomic mass is 16.5. The highest BCUT2D eigenvalue weighted by Gasteiger charge is 2.22. The largest absolute Gasteiger partial charge is 0.496 e. The van der Waals surface area contributed by atoms with Crippen LogP contribution in [0.15, 0.2) is 24.5 Å². The van der Waals surface area contributed by atoms with E-state index in [1.807, 2.05) is 24.5 Å². The SMILES string of the molecule is COc1ccnc2c1CCCCC[C@H](CCCO)c1nccc(OC)c1CCCCC[C@H]2CCCO. The zero-order chi connectivity index (χ0) is 25.6. The molecule has 2 aromatic heterocycles. The van der Waals surface area contributed by atoms with Crippen molar-refractivity contribution in [3.05, 3.63) is 47.0 Å². The first-order valence-corrected chi connectivity index (χ1v) is 14.0. The normalized spacial score (nSPS) is 19.8. The van der Waals surface area contributed by atoms with Gasteiger partial charge >= 0.3 is 0 Å². The summed E-state index contributed by atoms with van der Waals surface area (Å²) < 4.78 is 11.5. The molecule has 2 aromatic rings. The highest BCUT2D eigenvalue weighted by molar-refractivity contribution is 5.39. The molecule has 0 saturated carbocycles. The lowest BCUT2D eigenvalue weighted by Crippen LogP contribution is -2.11. The van der Waals surface area contributed by atoms with Crippen LogP contribution in [0.5, 0.6) is 11.5 Å². The standard InChI is InChI=1S/C30H46N2O4/c1-35-27-17-19-31-29-23(13-9-21-33)11-6-4-8-16-26-28(36-2)18-20-32-30(26)24(14-10-22-34)12-5-3-7-15-25(27)29/h17-20,23-24,33-34H,3-16,21-22H2,1-2H3/t23-,24+. The second kappa shape index (κ2) is 15.8. The van der Waals surface area contributed by atoms with Gasteiger partial charge < -0.3 is 19.7 Å². The Hall–Kier alpha value is -2.18. The van der Waals surface area contributed by atoms with Crippen LogP contribution < -0.4 is 9.47 Å². The smallest absolute Gasteiger partial charge is 0.125 e. The fraction of sp³-hybridized carbons (Fsp3) is 0.667. The molecule has 2 heterocycles. The van der Waals surface area contributed by atoms with Crippen LogP contribution in [0.2, 0.25) is 0 Å². The summed E-state index contributed by atoms with van der Waals surface area (Å²) in [5.41, 5.74) is 4.85. The number of ether oxygens (including phenoxy) is 2. The number of pyridine rings is 2. The van der Waals surface area contributed by atoms with Crippen molar-refractivity contribution < 1.29 is 19.7 Å². The number of aromatic nitrogens is 2. The van der Waals surface area contributed by atoms with Gasteiger partial charge in [0.2, 0.25) is 0 Å². The molecule has 0 aliphatic heterocycles. The van der Waals surface area contributed by atoms with Gasteiger partial charge in [-0.05, 0) is 76.3 Å². The lowest BCUT2D eigenvalue weighted by atomic mass is 9.86. The van der Waals surface area contributed by atoms with Gasteiger partial charge in [-0.25, -0.2) is 0 Å².